The molecular weight excluding hydrogens is 1030 g/mol. The normalized spacial score (nSPS) is 36.3. The monoisotopic (exact) mass is 1090 g/mol. The lowest BCUT2D eigenvalue weighted by atomic mass is 9.86. The number of aromatic nitrogens is 6. The fraction of sp³-hybridized carbons (Fsp3) is 0.750. The van der Waals surface area contributed by atoms with E-state index >= 15 is 0 Å². The minimum Gasteiger partial charge on any atom is -0.487 e. The van der Waals surface area contributed by atoms with Gasteiger partial charge in [0.15, 0.2) is 18.9 Å². The van der Waals surface area contributed by atoms with Crippen LogP contribution < -0.4 is 9.47 Å². The molecule has 0 bridgehead atoms. The summed E-state index contributed by atoms with van der Waals surface area (Å²) in [5, 5.41) is 170. The van der Waals surface area contributed by atoms with E-state index in [1.165, 1.54) is 53.8 Å². The van der Waals surface area contributed by atoms with Gasteiger partial charge in [-0.15, -0.1) is 10.2 Å². The number of hydrogen-bond donors (Lipinski definition) is 15. The zero-order valence-corrected chi connectivity index (χ0v) is 40.9. The van der Waals surface area contributed by atoms with Crippen molar-refractivity contribution in [3.8, 4) is 11.5 Å². The topological polar surface area (TPSA) is 474 Å². The highest BCUT2D eigenvalue weighted by Gasteiger charge is 2.53. The molecule has 4 saturated heterocycles. The number of aliphatic hydroxyl groups is 14. The van der Waals surface area contributed by atoms with Gasteiger partial charge in [0.25, 0.3) is 0 Å². The van der Waals surface area contributed by atoms with Crippen LogP contribution in [-0.4, -0.2) is 280 Å². The van der Waals surface area contributed by atoms with Gasteiger partial charge in [-0.2, -0.15) is 0 Å². The molecule has 4 fully saturated rings. The number of carboxylic acids is 1. The molecule has 0 radical (unpaired) electrons. The Balaban J connectivity index is 0.858. The van der Waals surface area contributed by atoms with Crippen molar-refractivity contribution in [3.63, 3.8) is 0 Å². The Labute approximate surface area is 431 Å². The summed E-state index contributed by atoms with van der Waals surface area (Å²) in [7, 11) is 0. The average molecular weight is 1100 g/mol. The highest BCUT2D eigenvalue weighted by molar-refractivity contribution is 5.88. The Kier molecular flexibility index (Phi) is 20.4. The number of aromatic carboxylic acids is 1. The van der Waals surface area contributed by atoms with Crippen LogP contribution in [0.4, 0.5) is 0 Å². The third kappa shape index (κ3) is 14.1. The molecule has 4 aliphatic rings. The number of carbonyl (C=O) groups is 1. The van der Waals surface area contributed by atoms with Gasteiger partial charge in [-0.3, -0.25) is 0 Å². The lowest BCUT2D eigenvalue weighted by Gasteiger charge is -2.48. The molecule has 6 heterocycles. The van der Waals surface area contributed by atoms with Gasteiger partial charge in [-0.25, -0.2) is 14.2 Å². The molecule has 428 valence electrons. The summed E-state index contributed by atoms with van der Waals surface area (Å²) < 4.78 is 59.4. The molecule has 0 spiro atoms. The van der Waals surface area contributed by atoms with E-state index in [0.29, 0.717) is 11.4 Å². The maximum atomic E-state index is 12.0. The predicted molar refractivity (Wildman–Crippen MR) is 241 cm³/mol. The summed E-state index contributed by atoms with van der Waals surface area (Å²) in [5.41, 5.74) is -1.04. The highest BCUT2D eigenvalue weighted by Crippen LogP contribution is 2.33. The number of carboxylic acid groups (broad SMARTS) is 1. The molecule has 32 nitrogen and oxygen atoms in total. The molecule has 4 aliphatic heterocycles. The van der Waals surface area contributed by atoms with E-state index in [1.54, 1.807) is 0 Å². The van der Waals surface area contributed by atoms with Gasteiger partial charge < -0.3 is 124 Å². The molecule has 32 heteroatoms. The molecule has 7 rings (SSSR count). The van der Waals surface area contributed by atoms with Gasteiger partial charge in [0, 0.05) is 6.07 Å². The standard InChI is InChI=1S/C44H66N6O26/c1-44(2,39-35(61)31(57)29(55)25(73-39)16-71-43-38(64)33(59)28(54)24(13-52)75-43)72-17-26-30(56)34(60)37(63)42(76-26)68-6-4-50-11-20(46-48-50)15-70-22-8-18(40(65)66)7-21(9-22)69-14-19-10-49(47-45-19)3-5-67-41-36(62)32(58)27(53)23(12-51)74-41/h7-11,23-39,41-43,51-64H,3-6,12-17H2,1-2H3,(H,65,66)/t23-,24-,25-,26-,27-,28-,29-,30-,31+,32+,33+,34+,35-,36-,37-,38-,39-,41+,42+,43-/m1/s1. The van der Waals surface area contributed by atoms with Gasteiger partial charge in [0.05, 0.1) is 76.3 Å². The zero-order valence-electron chi connectivity index (χ0n) is 40.9. The molecule has 15 N–H and O–H groups in total. The molecule has 0 saturated carbocycles. The molecule has 0 amide bonds. The summed E-state index contributed by atoms with van der Waals surface area (Å²) in [6, 6.07) is 3.99. The number of hydrogen-bond acceptors (Lipinski definition) is 29. The van der Waals surface area contributed by atoms with Crippen LogP contribution in [0.1, 0.15) is 35.6 Å². The second-order valence-electron chi connectivity index (χ2n) is 19.0. The summed E-state index contributed by atoms with van der Waals surface area (Å²) in [5.74, 6) is -1.04. The van der Waals surface area contributed by atoms with E-state index in [-0.39, 0.29) is 56.6 Å². The summed E-state index contributed by atoms with van der Waals surface area (Å²) in [6.07, 6.45) is -28.3. The number of benzene rings is 1. The second kappa shape index (κ2) is 26.1. The number of ether oxygens (including phenoxy) is 10. The van der Waals surface area contributed by atoms with Gasteiger partial charge >= 0.3 is 5.97 Å². The summed E-state index contributed by atoms with van der Waals surface area (Å²) >= 11 is 0. The van der Waals surface area contributed by atoms with E-state index < -0.39 is 161 Å². The van der Waals surface area contributed by atoms with Crippen molar-refractivity contribution in [3.05, 3.63) is 47.5 Å². The van der Waals surface area contributed by atoms with E-state index in [2.05, 4.69) is 20.6 Å². The van der Waals surface area contributed by atoms with Crippen LogP contribution in [-0.2, 0) is 64.2 Å². The van der Waals surface area contributed by atoms with Crippen molar-refractivity contribution in [2.24, 2.45) is 0 Å². The first kappa shape index (κ1) is 59.4. The van der Waals surface area contributed by atoms with Crippen LogP contribution in [0.15, 0.2) is 30.6 Å². The van der Waals surface area contributed by atoms with E-state index in [0.717, 1.165) is 0 Å². The van der Waals surface area contributed by atoms with Crippen LogP contribution in [0.3, 0.4) is 0 Å². The van der Waals surface area contributed by atoms with Gasteiger partial charge in [0.1, 0.15) is 140 Å². The predicted octanol–water partition coefficient (Wildman–Crippen LogP) is -8.17. The minimum absolute atomic E-state index is 0.0289. The maximum absolute atomic E-state index is 12.0. The fourth-order valence-electron chi connectivity index (χ4n) is 8.56. The van der Waals surface area contributed by atoms with Gasteiger partial charge in [0.2, 0.25) is 0 Å². The molecule has 0 aliphatic carbocycles. The van der Waals surface area contributed by atoms with Crippen molar-refractivity contribution in [1.82, 2.24) is 30.0 Å². The summed E-state index contributed by atoms with van der Waals surface area (Å²) in [6.45, 7) is 0.0890. The van der Waals surface area contributed by atoms with Crippen molar-refractivity contribution in [1.29, 1.82) is 0 Å². The quantitative estimate of drug-likeness (QED) is 0.0396. The first-order chi connectivity index (χ1) is 36.1. The molecule has 3 aromatic rings. The van der Waals surface area contributed by atoms with Crippen LogP contribution >= 0.6 is 0 Å². The Morgan fingerprint density at radius 2 is 0.947 bits per heavy atom. The molecule has 2 aromatic heterocycles. The molecule has 76 heavy (non-hydrogen) atoms. The van der Waals surface area contributed by atoms with Crippen molar-refractivity contribution >= 4 is 5.97 Å². The van der Waals surface area contributed by atoms with Crippen LogP contribution in [0.5, 0.6) is 11.5 Å². The minimum atomic E-state index is -1.81. The number of nitrogens with zero attached hydrogens (tertiary/aromatic N) is 6. The molecule has 0 unspecified atom stereocenters. The molecule has 1 aromatic carbocycles. The van der Waals surface area contributed by atoms with Gasteiger partial charge in [-0.05, 0) is 26.0 Å². The number of aliphatic hydroxyl groups excluding tert-OH is 14. The first-order valence-corrected chi connectivity index (χ1v) is 24.0. The Bertz CT molecular complexity index is 2290. The second-order valence-corrected chi connectivity index (χ2v) is 19.0. The van der Waals surface area contributed by atoms with Crippen molar-refractivity contribution < 1.29 is 129 Å². The average Bonchev–Trinajstić information content (AvgIpc) is 4.07. The molecule has 20 atom stereocenters. The largest absolute Gasteiger partial charge is 0.487 e. The van der Waals surface area contributed by atoms with Crippen LogP contribution in [0.2, 0.25) is 0 Å². The first-order valence-electron chi connectivity index (χ1n) is 24.0. The van der Waals surface area contributed by atoms with E-state index in [1.807, 2.05) is 0 Å². The molecular formula is C44H66N6O26. The smallest absolute Gasteiger partial charge is 0.335 e. The Hall–Kier alpha value is -4.31. The number of rotatable bonds is 24. The third-order valence-corrected chi connectivity index (χ3v) is 13.1. The zero-order chi connectivity index (χ0) is 55.2. The third-order valence-electron chi connectivity index (χ3n) is 13.1. The lowest BCUT2D eigenvalue weighted by molar-refractivity contribution is -0.326. The Morgan fingerprint density at radius 3 is 1.39 bits per heavy atom. The fourth-order valence-corrected chi connectivity index (χ4v) is 8.56. The summed E-state index contributed by atoms with van der Waals surface area (Å²) in [4.78, 5) is 12.0. The van der Waals surface area contributed by atoms with Crippen molar-refractivity contribution in [2.45, 2.75) is 168 Å². The highest BCUT2D eigenvalue weighted by atomic mass is 16.7. The van der Waals surface area contributed by atoms with Crippen molar-refractivity contribution in [2.75, 3.05) is 39.6 Å². The van der Waals surface area contributed by atoms with Crippen LogP contribution in [0.25, 0.3) is 0 Å². The SMILES string of the molecule is CC(C)(OC[C@H]1O[C@H](OCCn2cc(COc3cc(OCc4cn(CCO[C@H]5O[C@H](CO)[C@@H](O)[C@H](O)[C@H]5O)nn4)cc(C(=O)O)c3)nn2)[C@H](O)[C@@H](O)[C@@H]1O)[C@@H]1O[C@H](CO[C@@H]2O[C@H](CO)[C@@H](O)[C@H](O)[C@H]2O)[C@@H](O)[C@H](O)[C@H]1O. The lowest BCUT2D eigenvalue weighted by Crippen LogP contribution is -2.65. The Morgan fingerprint density at radius 1 is 0.539 bits per heavy atom. The maximum Gasteiger partial charge on any atom is 0.335 e. The van der Waals surface area contributed by atoms with E-state index in [4.69, 9.17) is 47.4 Å². The van der Waals surface area contributed by atoms with Gasteiger partial charge in [-0.1, -0.05) is 10.4 Å². The van der Waals surface area contributed by atoms with E-state index in [9.17, 15) is 81.4 Å². The van der Waals surface area contributed by atoms with Crippen LogP contribution in [0, 0.1) is 0 Å².